The second-order valence-electron chi connectivity index (χ2n) is 4.59. The number of amides is 1. The first-order valence-electron chi connectivity index (χ1n) is 6.61. The molecule has 0 heterocycles. The maximum absolute atomic E-state index is 12.0. The van der Waals surface area contributed by atoms with Crippen LogP contribution in [-0.2, 0) is 9.59 Å². The van der Waals surface area contributed by atoms with Gasteiger partial charge in [-0.1, -0.05) is 30.1 Å². The topological polar surface area (TPSA) is 69.6 Å². The van der Waals surface area contributed by atoms with E-state index in [0.717, 1.165) is 6.42 Å². The van der Waals surface area contributed by atoms with Gasteiger partial charge < -0.3 is 10.4 Å². The molecule has 2 N–H and O–H groups in total. The minimum atomic E-state index is -0.880. The van der Waals surface area contributed by atoms with Crippen LogP contribution < -0.4 is 5.32 Å². The maximum Gasteiger partial charge on any atom is 0.304 e. The van der Waals surface area contributed by atoms with E-state index in [9.17, 15) is 9.59 Å². The van der Waals surface area contributed by atoms with Crippen LogP contribution in [0.1, 0.15) is 19.8 Å². The third kappa shape index (κ3) is 6.80. The summed E-state index contributed by atoms with van der Waals surface area (Å²) in [6, 6.07) is 4.81. The smallest absolute Gasteiger partial charge is 0.304 e. The molecule has 0 aromatic heterocycles. The molecule has 0 saturated carbocycles. The highest BCUT2D eigenvalue weighted by Gasteiger charge is 2.13. The van der Waals surface area contributed by atoms with E-state index in [1.165, 1.54) is 0 Å². The van der Waals surface area contributed by atoms with Gasteiger partial charge in [-0.3, -0.25) is 14.5 Å². The first kappa shape index (κ1) is 17.8. The first-order chi connectivity index (χ1) is 9.92. The fraction of sp³-hybridized carbons (Fsp3) is 0.429. The van der Waals surface area contributed by atoms with Gasteiger partial charge in [-0.15, -0.1) is 0 Å². The number of nitrogens with zero attached hydrogens (tertiary/aromatic N) is 1. The van der Waals surface area contributed by atoms with E-state index >= 15 is 0 Å². The van der Waals surface area contributed by atoms with E-state index < -0.39 is 5.97 Å². The number of carboxylic acid groups (broad SMARTS) is 1. The van der Waals surface area contributed by atoms with Crippen molar-refractivity contribution in [3.63, 3.8) is 0 Å². The number of halogens is 2. The highest BCUT2D eigenvalue weighted by Crippen LogP contribution is 2.25. The summed E-state index contributed by atoms with van der Waals surface area (Å²) in [7, 11) is 0. The monoisotopic (exact) mass is 332 g/mol. The molecule has 7 heteroatoms. The molecule has 1 aromatic carbocycles. The van der Waals surface area contributed by atoms with E-state index in [4.69, 9.17) is 28.3 Å². The second-order valence-corrected chi connectivity index (χ2v) is 5.44. The van der Waals surface area contributed by atoms with Crippen molar-refractivity contribution in [1.82, 2.24) is 4.90 Å². The quantitative estimate of drug-likeness (QED) is 0.767. The average Bonchev–Trinajstić information content (AvgIpc) is 2.40. The van der Waals surface area contributed by atoms with Crippen molar-refractivity contribution < 1.29 is 14.7 Å². The molecular formula is C14H18Cl2N2O3. The number of carbonyl (C=O) groups excluding carboxylic acids is 1. The second kappa shape index (κ2) is 8.87. The van der Waals surface area contributed by atoms with Gasteiger partial charge in [-0.2, -0.15) is 0 Å². The van der Waals surface area contributed by atoms with E-state index in [1.807, 2.05) is 6.92 Å². The van der Waals surface area contributed by atoms with Crippen LogP contribution in [0, 0.1) is 0 Å². The molecule has 5 nitrogen and oxygen atoms in total. The summed E-state index contributed by atoms with van der Waals surface area (Å²) >= 11 is 11.8. The maximum atomic E-state index is 12.0. The Balaban J connectivity index is 2.60. The lowest BCUT2D eigenvalue weighted by Crippen LogP contribution is -2.35. The van der Waals surface area contributed by atoms with Gasteiger partial charge in [0.25, 0.3) is 0 Å². The molecule has 21 heavy (non-hydrogen) atoms. The van der Waals surface area contributed by atoms with Crippen molar-refractivity contribution in [2.45, 2.75) is 19.8 Å². The molecule has 0 aliphatic rings. The van der Waals surface area contributed by atoms with E-state index in [1.54, 1.807) is 23.1 Å². The van der Waals surface area contributed by atoms with Crippen LogP contribution in [-0.4, -0.2) is 41.5 Å². The van der Waals surface area contributed by atoms with Crippen molar-refractivity contribution in [2.75, 3.05) is 25.0 Å². The first-order valence-corrected chi connectivity index (χ1v) is 7.37. The van der Waals surface area contributed by atoms with Gasteiger partial charge in [0, 0.05) is 11.6 Å². The summed E-state index contributed by atoms with van der Waals surface area (Å²) in [5.74, 6) is -1.13. The number of nitrogens with one attached hydrogen (secondary N) is 1. The molecule has 1 amide bonds. The predicted molar refractivity (Wildman–Crippen MR) is 84.1 cm³/mol. The third-order valence-corrected chi connectivity index (χ3v) is 3.32. The summed E-state index contributed by atoms with van der Waals surface area (Å²) in [5.41, 5.74) is 0.448. The summed E-state index contributed by atoms with van der Waals surface area (Å²) in [6.07, 6.45) is 0.843. The summed E-state index contributed by atoms with van der Waals surface area (Å²) in [5, 5.41) is 12.3. The van der Waals surface area contributed by atoms with Gasteiger partial charge in [0.05, 0.1) is 23.7 Å². The Hall–Kier alpha value is -1.30. The van der Waals surface area contributed by atoms with Crippen LogP contribution >= 0.6 is 23.2 Å². The average molecular weight is 333 g/mol. The fourth-order valence-corrected chi connectivity index (χ4v) is 2.16. The lowest BCUT2D eigenvalue weighted by Gasteiger charge is -2.20. The summed E-state index contributed by atoms with van der Waals surface area (Å²) in [4.78, 5) is 24.4. The molecule has 116 valence electrons. The number of hydrogen-bond donors (Lipinski definition) is 2. The van der Waals surface area contributed by atoms with Gasteiger partial charge >= 0.3 is 5.97 Å². The van der Waals surface area contributed by atoms with Crippen LogP contribution in [0.2, 0.25) is 10.0 Å². The molecule has 1 aromatic rings. The SMILES string of the molecule is CCCN(CCC(=O)O)CC(=O)Nc1cc(Cl)ccc1Cl. The molecule has 0 saturated heterocycles. The third-order valence-electron chi connectivity index (χ3n) is 2.75. The van der Waals surface area contributed by atoms with Crippen LogP contribution in [0.15, 0.2) is 18.2 Å². The van der Waals surface area contributed by atoms with Gasteiger partial charge in [-0.25, -0.2) is 0 Å². The molecule has 0 aliphatic heterocycles. The summed E-state index contributed by atoms with van der Waals surface area (Å²) < 4.78 is 0. The normalized spacial score (nSPS) is 10.7. The Bertz CT molecular complexity index is 509. The Morgan fingerprint density at radius 1 is 1.29 bits per heavy atom. The molecule has 0 unspecified atom stereocenters. The zero-order valence-electron chi connectivity index (χ0n) is 11.7. The highest BCUT2D eigenvalue weighted by atomic mass is 35.5. The zero-order chi connectivity index (χ0) is 15.8. The lowest BCUT2D eigenvalue weighted by atomic mass is 10.3. The Labute approximate surface area is 133 Å². The Morgan fingerprint density at radius 3 is 2.62 bits per heavy atom. The van der Waals surface area contributed by atoms with Crippen molar-refractivity contribution in [1.29, 1.82) is 0 Å². The van der Waals surface area contributed by atoms with Gasteiger partial charge in [0.2, 0.25) is 5.91 Å². The van der Waals surface area contributed by atoms with Crippen LogP contribution in [0.3, 0.4) is 0 Å². The van der Waals surface area contributed by atoms with Crippen LogP contribution in [0.4, 0.5) is 5.69 Å². The van der Waals surface area contributed by atoms with Crippen molar-refractivity contribution in [3.8, 4) is 0 Å². The van der Waals surface area contributed by atoms with Gasteiger partial charge in [0.1, 0.15) is 0 Å². The number of anilines is 1. The standard InChI is InChI=1S/C14H18Cl2N2O3/c1-2-6-18(7-5-14(20)21)9-13(19)17-12-8-10(15)3-4-11(12)16/h3-4,8H,2,5-7,9H2,1H3,(H,17,19)(H,20,21). The minimum absolute atomic E-state index is 0.00516. The number of hydrogen-bond acceptors (Lipinski definition) is 3. The van der Waals surface area contributed by atoms with Crippen LogP contribution in [0.25, 0.3) is 0 Å². The molecule has 0 radical (unpaired) electrons. The highest BCUT2D eigenvalue weighted by molar-refractivity contribution is 6.35. The molecule has 0 atom stereocenters. The van der Waals surface area contributed by atoms with Crippen molar-refractivity contribution >= 4 is 40.8 Å². The zero-order valence-corrected chi connectivity index (χ0v) is 13.2. The largest absolute Gasteiger partial charge is 0.481 e. The molecule has 0 bridgehead atoms. The minimum Gasteiger partial charge on any atom is -0.481 e. The van der Waals surface area contributed by atoms with Crippen molar-refractivity contribution in [3.05, 3.63) is 28.2 Å². The lowest BCUT2D eigenvalue weighted by molar-refractivity contribution is -0.137. The predicted octanol–water partition coefficient (Wildman–Crippen LogP) is 3.12. The molecule has 0 fully saturated rings. The summed E-state index contributed by atoms with van der Waals surface area (Å²) in [6.45, 7) is 3.08. The number of rotatable bonds is 8. The van der Waals surface area contributed by atoms with Crippen molar-refractivity contribution in [2.24, 2.45) is 0 Å². The number of carboxylic acids is 1. The molecular weight excluding hydrogens is 315 g/mol. The Morgan fingerprint density at radius 2 is 2.00 bits per heavy atom. The fourth-order valence-electron chi connectivity index (χ4n) is 1.83. The van der Waals surface area contributed by atoms with Gasteiger partial charge in [0.15, 0.2) is 0 Å². The van der Waals surface area contributed by atoms with Crippen LogP contribution in [0.5, 0.6) is 0 Å². The van der Waals surface area contributed by atoms with Gasteiger partial charge in [-0.05, 0) is 31.2 Å². The van der Waals surface area contributed by atoms with E-state index in [0.29, 0.717) is 28.8 Å². The Kier molecular flexibility index (Phi) is 7.50. The molecule has 1 rings (SSSR count). The molecule has 0 spiro atoms. The number of carbonyl (C=O) groups is 2. The molecule has 0 aliphatic carbocycles. The van der Waals surface area contributed by atoms with E-state index in [2.05, 4.69) is 5.32 Å². The number of benzene rings is 1. The number of aliphatic carboxylic acids is 1. The van der Waals surface area contributed by atoms with E-state index in [-0.39, 0.29) is 18.9 Å².